The van der Waals surface area contributed by atoms with Gasteiger partial charge < -0.3 is 4.90 Å². The van der Waals surface area contributed by atoms with E-state index in [0.29, 0.717) is 24.5 Å². The molecule has 0 saturated carbocycles. The standard InChI is InChI=1S/C25H25F2N3O/c1-16(2)25(31)30-13-11-17(12-14-30)22-15-28-23(18-3-7-20(26)8-4-18)24(29-22)19-5-9-21(27)10-6-19/h3-10,15-17H,11-14H2,1-2H3. The Morgan fingerprint density at radius 3 is 1.94 bits per heavy atom. The third-order valence-electron chi connectivity index (χ3n) is 5.75. The Labute approximate surface area is 181 Å². The van der Waals surface area contributed by atoms with E-state index in [1.165, 1.54) is 24.3 Å². The van der Waals surface area contributed by atoms with Crippen molar-refractivity contribution >= 4 is 5.91 Å². The van der Waals surface area contributed by atoms with Gasteiger partial charge in [0.25, 0.3) is 0 Å². The molecular weight excluding hydrogens is 396 g/mol. The summed E-state index contributed by atoms with van der Waals surface area (Å²) >= 11 is 0. The average molecular weight is 421 g/mol. The molecule has 160 valence electrons. The molecule has 1 amide bonds. The van der Waals surface area contributed by atoms with Crippen LogP contribution in [0.15, 0.2) is 54.7 Å². The van der Waals surface area contributed by atoms with Crippen LogP contribution in [-0.2, 0) is 4.79 Å². The zero-order valence-electron chi connectivity index (χ0n) is 17.7. The van der Waals surface area contributed by atoms with Crippen LogP contribution in [0.1, 0.15) is 38.3 Å². The van der Waals surface area contributed by atoms with Crippen molar-refractivity contribution in [2.75, 3.05) is 13.1 Å². The van der Waals surface area contributed by atoms with Crippen molar-refractivity contribution in [3.63, 3.8) is 0 Å². The Balaban J connectivity index is 1.66. The van der Waals surface area contributed by atoms with Crippen LogP contribution in [0.4, 0.5) is 8.78 Å². The molecule has 2 heterocycles. The van der Waals surface area contributed by atoms with Gasteiger partial charge in [0.2, 0.25) is 5.91 Å². The molecule has 2 aromatic carbocycles. The van der Waals surface area contributed by atoms with Crippen molar-refractivity contribution in [1.82, 2.24) is 14.9 Å². The number of hydrogen-bond acceptors (Lipinski definition) is 3. The minimum atomic E-state index is -0.321. The zero-order chi connectivity index (χ0) is 22.0. The Morgan fingerprint density at radius 2 is 1.42 bits per heavy atom. The SMILES string of the molecule is CC(C)C(=O)N1CCC(c2cnc(-c3ccc(F)cc3)c(-c3ccc(F)cc3)n2)CC1. The molecule has 0 bridgehead atoms. The molecule has 0 atom stereocenters. The van der Waals surface area contributed by atoms with Crippen LogP contribution < -0.4 is 0 Å². The van der Waals surface area contributed by atoms with Crippen molar-refractivity contribution in [1.29, 1.82) is 0 Å². The Hall–Kier alpha value is -3.15. The molecule has 0 aliphatic carbocycles. The lowest BCUT2D eigenvalue weighted by atomic mass is 9.92. The second-order valence-corrected chi connectivity index (χ2v) is 8.26. The summed E-state index contributed by atoms with van der Waals surface area (Å²) in [5.41, 5.74) is 3.63. The van der Waals surface area contributed by atoms with Gasteiger partial charge in [0.1, 0.15) is 11.6 Å². The number of piperidine rings is 1. The first-order valence-corrected chi connectivity index (χ1v) is 10.6. The molecule has 1 aliphatic heterocycles. The number of aromatic nitrogens is 2. The summed E-state index contributed by atoms with van der Waals surface area (Å²) < 4.78 is 26.9. The molecule has 3 aromatic rings. The van der Waals surface area contributed by atoms with Gasteiger partial charge in [-0.15, -0.1) is 0 Å². The van der Waals surface area contributed by atoms with Gasteiger partial charge in [0, 0.05) is 42.2 Å². The highest BCUT2D eigenvalue weighted by atomic mass is 19.1. The number of carbonyl (C=O) groups is 1. The third kappa shape index (κ3) is 4.63. The van der Waals surface area contributed by atoms with Gasteiger partial charge in [-0.2, -0.15) is 0 Å². The van der Waals surface area contributed by atoms with Gasteiger partial charge in [0.15, 0.2) is 0 Å². The molecule has 1 aromatic heterocycles. The predicted octanol–water partition coefficient (Wildman–Crippen LogP) is 5.45. The highest BCUT2D eigenvalue weighted by molar-refractivity contribution is 5.78. The number of amides is 1. The summed E-state index contributed by atoms with van der Waals surface area (Å²) in [6.45, 7) is 5.25. The van der Waals surface area contributed by atoms with E-state index in [2.05, 4.69) is 4.98 Å². The smallest absolute Gasteiger partial charge is 0.225 e. The molecule has 0 spiro atoms. The quantitative estimate of drug-likeness (QED) is 0.563. The van der Waals surface area contributed by atoms with Gasteiger partial charge in [-0.1, -0.05) is 13.8 Å². The van der Waals surface area contributed by atoms with Crippen LogP contribution in [0.3, 0.4) is 0 Å². The maximum absolute atomic E-state index is 13.5. The first-order valence-electron chi connectivity index (χ1n) is 10.6. The van der Waals surface area contributed by atoms with E-state index in [4.69, 9.17) is 4.98 Å². The molecular formula is C25H25F2N3O. The van der Waals surface area contributed by atoms with Crippen LogP contribution in [0.5, 0.6) is 0 Å². The highest BCUT2D eigenvalue weighted by Crippen LogP contribution is 2.33. The van der Waals surface area contributed by atoms with Crippen molar-refractivity contribution in [2.24, 2.45) is 5.92 Å². The van der Waals surface area contributed by atoms with Crippen LogP contribution >= 0.6 is 0 Å². The number of hydrogen-bond donors (Lipinski definition) is 0. The summed E-state index contributed by atoms with van der Waals surface area (Å²) in [5.74, 6) is -0.262. The van der Waals surface area contributed by atoms with E-state index >= 15 is 0 Å². The number of likely N-dealkylation sites (tertiary alicyclic amines) is 1. The maximum atomic E-state index is 13.5. The second-order valence-electron chi connectivity index (χ2n) is 8.26. The van der Waals surface area contributed by atoms with Crippen molar-refractivity contribution < 1.29 is 13.6 Å². The minimum Gasteiger partial charge on any atom is -0.342 e. The topological polar surface area (TPSA) is 46.1 Å². The first kappa shape index (κ1) is 21.1. The van der Waals surface area contributed by atoms with Gasteiger partial charge in [-0.05, 0) is 61.4 Å². The summed E-state index contributed by atoms with van der Waals surface area (Å²) in [4.78, 5) is 23.8. The van der Waals surface area contributed by atoms with E-state index < -0.39 is 0 Å². The van der Waals surface area contributed by atoms with E-state index in [0.717, 1.165) is 29.7 Å². The zero-order valence-corrected chi connectivity index (χ0v) is 17.7. The fourth-order valence-corrected chi connectivity index (χ4v) is 3.99. The lowest BCUT2D eigenvalue weighted by Gasteiger charge is -2.33. The van der Waals surface area contributed by atoms with Crippen LogP contribution in [0.2, 0.25) is 0 Å². The van der Waals surface area contributed by atoms with Gasteiger partial charge in [-0.25, -0.2) is 13.8 Å². The maximum Gasteiger partial charge on any atom is 0.225 e. The lowest BCUT2D eigenvalue weighted by molar-refractivity contribution is -0.135. The van der Waals surface area contributed by atoms with E-state index in [1.807, 2.05) is 18.7 Å². The van der Waals surface area contributed by atoms with E-state index in [9.17, 15) is 13.6 Å². The second kappa shape index (κ2) is 8.92. The molecule has 0 unspecified atom stereocenters. The number of halogens is 2. The average Bonchev–Trinajstić information content (AvgIpc) is 2.79. The molecule has 1 aliphatic rings. The van der Waals surface area contributed by atoms with Crippen LogP contribution in [0.25, 0.3) is 22.5 Å². The Kier molecular flexibility index (Phi) is 6.07. The molecule has 31 heavy (non-hydrogen) atoms. The molecule has 4 rings (SSSR count). The highest BCUT2D eigenvalue weighted by Gasteiger charge is 2.27. The van der Waals surface area contributed by atoms with Crippen molar-refractivity contribution in [3.8, 4) is 22.5 Å². The molecule has 4 nitrogen and oxygen atoms in total. The Morgan fingerprint density at radius 1 is 0.903 bits per heavy atom. The van der Waals surface area contributed by atoms with Gasteiger partial charge in [-0.3, -0.25) is 9.78 Å². The molecule has 1 saturated heterocycles. The minimum absolute atomic E-state index is 0.00332. The fraction of sp³-hybridized carbons (Fsp3) is 0.320. The normalized spacial score (nSPS) is 14.8. The van der Waals surface area contributed by atoms with Crippen LogP contribution in [-0.4, -0.2) is 33.9 Å². The van der Waals surface area contributed by atoms with Gasteiger partial charge in [0.05, 0.1) is 17.1 Å². The summed E-state index contributed by atoms with van der Waals surface area (Å²) in [5, 5.41) is 0. The summed E-state index contributed by atoms with van der Waals surface area (Å²) in [6.07, 6.45) is 3.42. The predicted molar refractivity (Wildman–Crippen MR) is 116 cm³/mol. The first-order chi connectivity index (χ1) is 14.9. The van der Waals surface area contributed by atoms with E-state index in [1.54, 1.807) is 30.5 Å². The summed E-state index contributed by atoms with van der Waals surface area (Å²) in [6, 6.07) is 12.3. The van der Waals surface area contributed by atoms with Crippen molar-refractivity contribution in [2.45, 2.75) is 32.6 Å². The lowest BCUT2D eigenvalue weighted by Crippen LogP contribution is -2.40. The number of rotatable bonds is 4. The fourth-order valence-electron chi connectivity index (χ4n) is 3.99. The monoisotopic (exact) mass is 421 g/mol. The number of carbonyl (C=O) groups excluding carboxylic acids is 1. The molecule has 0 radical (unpaired) electrons. The molecule has 1 fully saturated rings. The van der Waals surface area contributed by atoms with Gasteiger partial charge >= 0.3 is 0 Å². The van der Waals surface area contributed by atoms with E-state index in [-0.39, 0.29) is 29.4 Å². The number of nitrogens with zero attached hydrogens (tertiary/aromatic N) is 3. The van der Waals surface area contributed by atoms with Crippen LogP contribution in [0, 0.1) is 17.6 Å². The number of benzene rings is 2. The largest absolute Gasteiger partial charge is 0.342 e. The molecule has 0 N–H and O–H groups in total. The summed E-state index contributed by atoms with van der Waals surface area (Å²) in [7, 11) is 0. The van der Waals surface area contributed by atoms with Crippen molar-refractivity contribution in [3.05, 3.63) is 72.1 Å². The molecule has 6 heteroatoms. The third-order valence-corrected chi connectivity index (χ3v) is 5.75. The Bertz CT molecular complexity index is 1060.